The van der Waals surface area contributed by atoms with Crippen molar-refractivity contribution in [2.24, 2.45) is 11.8 Å². The van der Waals surface area contributed by atoms with Gasteiger partial charge in [0.25, 0.3) is 0 Å². The third-order valence-corrected chi connectivity index (χ3v) is 7.92. The van der Waals surface area contributed by atoms with Crippen LogP contribution in [0.15, 0.2) is 66.7 Å². The Bertz CT molecular complexity index is 1200. The molecule has 0 saturated heterocycles. The van der Waals surface area contributed by atoms with Gasteiger partial charge in [0.1, 0.15) is 5.82 Å². The lowest BCUT2D eigenvalue weighted by molar-refractivity contribution is 0.254. The van der Waals surface area contributed by atoms with Gasteiger partial charge in [-0.05, 0) is 98.1 Å². The summed E-state index contributed by atoms with van der Waals surface area (Å²) in [6, 6.07) is 18.5. The van der Waals surface area contributed by atoms with Gasteiger partial charge in [-0.25, -0.2) is 4.39 Å². The van der Waals surface area contributed by atoms with E-state index in [0.717, 1.165) is 59.6 Å². The summed E-state index contributed by atoms with van der Waals surface area (Å²) in [5.74, 6) is 8.32. The SMILES string of the molecule is C/C=C/CCC1CCC(CCc2ccc(C#Cc3ccc4c(F)c(CCCC)ccc4c3)cc2)CC1. The van der Waals surface area contributed by atoms with Crippen molar-refractivity contribution < 1.29 is 4.39 Å². The second kappa shape index (κ2) is 13.5. The maximum Gasteiger partial charge on any atom is 0.134 e. The van der Waals surface area contributed by atoms with Crippen LogP contribution in [-0.2, 0) is 12.8 Å². The largest absolute Gasteiger partial charge is 0.206 e. The number of rotatable bonds is 9. The van der Waals surface area contributed by atoms with Crippen LogP contribution in [0.5, 0.6) is 0 Å². The fourth-order valence-electron chi connectivity index (χ4n) is 5.55. The first kappa shape index (κ1) is 26.2. The minimum Gasteiger partial charge on any atom is -0.206 e. The molecule has 1 aliphatic carbocycles. The Kier molecular flexibility index (Phi) is 9.80. The van der Waals surface area contributed by atoms with E-state index in [4.69, 9.17) is 0 Å². The second-order valence-corrected chi connectivity index (χ2v) is 10.6. The van der Waals surface area contributed by atoms with Gasteiger partial charge in [-0.1, -0.05) is 93.4 Å². The predicted molar refractivity (Wildman–Crippen MR) is 153 cm³/mol. The summed E-state index contributed by atoms with van der Waals surface area (Å²) in [6.45, 7) is 4.25. The van der Waals surface area contributed by atoms with Crippen LogP contribution in [0.3, 0.4) is 0 Å². The molecule has 1 aliphatic rings. The molecule has 0 bridgehead atoms. The van der Waals surface area contributed by atoms with Crippen LogP contribution in [0.2, 0.25) is 0 Å². The van der Waals surface area contributed by atoms with Crippen LogP contribution in [0.1, 0.15) is 93.9 Å². The Morgan fingerprint density at radius 2 is 1.53 bits per heavy atom. The average Bonchev–Trinajstić information content (AvgIpc) is 2.92. The van der Waals surface area contributed by atoms with Crippen molar-refractivity contribution in [3.05, 3.63) is 94.8 Å². The number of allylic oxidation sites excluding steroid dienone is 2. The van der Waals surface area contributed by atoms with Gasteiger partial charge in [0, 0.05) is 16.5 Å². The van der Waals surface area contributed by atoms with E-state index >= 15 is 0 Å². The third-order valence-electron chi connectivity index (χ3n) is 7.92. The number of benzene rings is 3. The molecule has 1 heteroatoms. The van der Waals surface area contributed by atoms with Crippen molar-refractivity contribution in [2.75, 3.05) is 0 Å². The molecule has 0 radical (unpaired) electrons. The first-order chi connectivity index (χ1) is 17.7. The van der Waals surface area contributed by atoms with Crippen molar-refractivity contribution in [3.8, 4) is 11.8 Å². The summed E-state index contributed by atoms with van der Waals surface area (Å²) in [4.78, 5) is 0. The zero-order valence-electron chi connectivity index (χ0n) is 22.2. The fourth-order valence-corrected chi connectivity index (χ4v) is 5.55. The van der Waals surface area contributed by atoms with E-state index < -0.39 is 0 Å². The van der Waals surface area contributed by atoms with Crippen LogP contribution in [-0.4, -0.2) is 0 Å². The molecular formula is C35H41F. The molecule has 1 saturated carbocycles. The van der Waals surface area contributed by atoms with E-state index in [1.165, 1.54) is 50.5 Å². The lowest BCUT2D eigenvalue weighted by Crippen LogP contribution is -2.15. The maximum atomic E-state index is 14.8. The second-order valence-electron chi connectivity index (χ2n) is 10.6. The molecule has 0 aromatic heterocycles. The number of fused-ring (bicyclic) bond motifs is 1. The normalized spacial score (nSPS) is 17.9. The van der Waals surface area contributed by atoms with Crippen molar-refractivity contribution in [1.29, 1.82) is 0 Å². The van der Waals surface area contributed by atoms with Crippen LogP contribution < -0.4 is 0 Å². The lowest BCUT2D eigenvalue weighted by atomic mass is 9.78. The molecule has 188 valence electrons. The Balaban J connectivity index is 1.29. The number of halogens is 1. The molecule has 3 aromatic rings. The molecule has 0 nitrogen and oxygen atoms in total. The molecule has 0 heterocycles. The number of aryl methyl sites for hydroxylation is 2. The highest BCUT2D eigenvalue weighted by atomic mass is 19.1. The summed E-state index contributed by atoms with van der Waals surface area (Å²) in [5.41, 5.74) is 4.18. The Morgan fingerprint density at radius 3 is 2.25 bits per heavy atom. The highest BCUT2D eigenvalue weighted by molar-refractivity contribution is 5.85. The van der Waals surface area contributed by atoms with Crippen molar-refractivity contribution in [3.63, 3.8) is 0 Å². The zero-order valence-corrected chi connectivity index (χ0v) is 22.2. The molecule has 0 spiro atoms. The number of hydrogen-bond acceptors (Lipinski definition) is 0. The summed E-state index contributed by atoms with van der Waals surface area (Å²) in [5, 5.41) is 1.61. The molecule has 0 unspecified atom stereocenters. The van der Waals surface area contributed by atoms with Gasteiger partial charge >= 0.3 is 0 Å². The fraction of sp³-hybridized carbons (Fsp3) is 0.429. The van der Waals surface area contributed by atoms with E-state index in [9.17, 15) is 4.39 Å². The van der Waals surface area contributed by atoms with Gasteiger partial charge in [-0.15, -0.1) is 0 Å². The molecular weight excluding hydrogens is 439 g/mol. The van der Waals surface area contributed by atoms with Crippen molar-refractivity contribution in [1.82, 2.24) is 0 Å². The molecule has 0 aliphatic heterocycles. The van der Waals surface area contributed by atoms with Crippen LogP contribution in [0.25, 0.3) is 10.8 Å². The summed E-state index contributed by atoms with van der Waals surface area (Å²) >= 11 is 0. The predicted octanol–water partition coefficient (Wildman–Crippen LogP) is 9.82. The van der Waals surface area contributed by atoms with Crippen molar-refractivity contribution in [2.45, 2.75) is 84.5 Å². The van der Waals surface area contributed by atoms with E-state index in [0.29, 0.717) is 5.39 Å². The lowest BCUT2D eigenvalue weighted by Gasteiger charge is -2.28. The minimum atomic E-state index is -0.0755. The van der Waals surface area contributed by atoms with Gasteiger partial charge in [0.2, 0.25) is 0 Å². The monoisotopic (exact) mass is 480 g/mol. The topological polar surface area (TPSA) is 0 Å². The van der Waals surface area contributed by atoms with Gasteiger partial charge in [0.15, 0.2) is 0 Å². The molecule has 0 N–H and O–H groups in total. The van der Waals surface area contributed by atoms with E-state index in [2.05, 4.69) is 62.1 Å². The maximum absolute atomic E-state index is 14.8. The van der Waals surface area contributed by atoms with Crippen molar-refractivity contribution >= 4 is 10.8 Å². The van der Waals surface area contributed by atoms with Gasteiger partial charge in [-0.3, -0.25) is 0 Å². The first-order valence-corrected chi connectivity index (χ1v) is 14.1. The molecule has 1 fully saturated rings. The highest BCUT2D eigenvalue weighted by Gasteiger charge is 2.20. The molecule has 0 amide bonds. The zero-order chi connectivity index (χ0) is 25.2. The van der Waals surface area contributed by atoms with Gasteiger partial charge in [-0.2, -0.15) is 0 Å². The Labute approximate surface area is 218 Å². The first-order valence-electron chi connectivity index (χ1n) is 14.1. The molecule has 3 aromatic carbocycles. The Morgan fingerprint density at radius 1 is 0.833 bits per heavy atom. The quantitative estimate of drug-likeness (QED) is 0.211. The average molecular weight is 481 g/mol. The minimum absolute atomic E-state index is 0.0755. The number of unbranched alkanes of at least 4 members (excludes halogenated alkanes) is 1. The molecule has 36 heavy (non-hydrogen) atoms. The third kappa shape index (κ3) is 7.33. The van der Waals surface area contributed by atoms with Gasteiger partial charge in [0.05, 0.1) is 0 Å². The Hall–Kier alpha value is -2.85. The van der Waals surface area contributed by atoms with Crippen LogP contribution >= 0.6 is 0 Å². The van der Waals surface area contributed by atoms with Crippen LogP contribution in [0, 0.1) is 29.5 Å². The highest BCUT2D eigenvalue weighted by Crippen LogP contribution is 2.34. The summed E-state index contributed by atoms with van der Waals surface area (Å²) in [7, 11) is 0. The summed E-state index contributed by atoms with van der Waals surface area (Å²) < 4.78 is 14.8. The van der Waals surface area contributed by atoms with E-state index in [-0.39, 0.29) is 5.82 Å². The summed E-state index contributed by atoms with van der Waals surface area (Å²) in [6.07, 6.45) is 18.1. The molecule has 0 atom stereocenters. The van der Waals surface area contributed by atoms with E-state index in [1.807, 2.05) is 30.3 Å². The number of hydrogen-bond donors (Lipinski definition) is 0. The van der Waals surface area contributed by atoms with Gasteiger partial charge < -0.3 is 0 Å². The smallest absolute Gasteiger partial charge is 0.134 e. The molecule has 4 rings (SSSR count). The standard InChI is InChI=1S/C35H41F/c1-3-5-7-8-27-10-12-28(13-11-27)14-15-29-16-18-30(19-17-29)20-21-31-22-25-34-33(26-31)24-23-32(35(34)36)9-6-4-2/h3,5,16-19,22-28H,4,6-15H2,1-2H3/b5-3+. The van der Waals surface area contributed by atoms with Crippen LogP contribution in [0.4, 0.5) is 4.39 Å². The van der Waals surface area contributed by atoms with E-state index in [1.54, 1.807) is 0 Å².